The van der Waals surface area contributed by atoms with Gasteiger partial charge in [0.1, 0.15) is 11.8 Å². The Hall–Kier alpha value is -2.55. The Morgan fingerprint density at radius 1 is 1.20 bits per heavy atom. The van der Waals surface area contributed by atoms with Crippen molar-refractivity contribution >= 4 is 30.2 Å². The lowest BCUT2D eigenvalue weighted by molar-refractivity contribution is -0.384. The molecule has 2 rings (SSSR count). The minimum Gasteiger partial charge on any atom is -0.462 e. The highest BCUT2D eigenvalue weighted by Crippen LogP contribution is 2.52. The summed E-state index contributed by atoms with van der Waals surface area (Å²) in [4.78, 5) is 35.6. The van der Waals surface area contributed by atoms with Crippen molar-refractivity contribution in [3.8, 4) is 0 Å². The number of rotatable bonds is 9. The van der Waals surface area contributed by atoms with E-state index in [1.807, 2.05) is 0 Å². The number of esters is 1. The zero-order valence-electron chi connectivity index (χ0n) is 17.5. The molecule has 30 heavy (non-hydrogen) atoms. The van der Waals surface area contributed by atoms with Crippen LogP contribution in [0.4, 0.5) is 5.69 Å². The minimum absolute atomic E-state index is 0.0384. The van der Waals surface area contributed by atoms with Gasteiger partial charge < -0.3 is 18.4 Å². The normalized spacial score (nSPS) is 12.0. The molecule has 0 spiro atoms. The Labute approximate surface area is 173 Å². The fourth-order valence-electron chi connectivity index (χ4n) is 2.89. The Bertz CT molecular complexity index is 1050. The van der Waals surface area contributed by atoms with Gasteiger partial charge in [-0.25, -0.2) is 4.79 Å². The summed E-state index contributed by atoms with van der Waals surface area (Å²) >= 11 is 0. The van der Waals surface area contributed by atoms with E-state index in [-0.39, 0.29) is 35.0 Å². The molecule has 11 heteroatoms. The van der Waals surface area contributed by atoms with Crippen LogP contribution in [0.3, 0.4) is 0 Å². The fraction of sp³-hybridized carbons (Fsp3) is 0.474. The molecule has 0 saturated heterocycles. The number of nitrogens with zero attached hydrogens (tertiary/aromatic N) is 2. The highest BCUT2D eigenvalue weighted by molar-refractivity contribution is 7.52. The molecule has 0 unspecified atom stereocenters. The van der Waals surface area contributed by atoms with Crippen LogP contribution in [0.25, 0.3) is 10.9 Å². The Kier molecular flexibility index (Phi) is 7.52. The van der Waals surface area contributed by atoms with Gasteiger partial charge in [0.05, 0.1) is 34.6 Å². The molecule has 0 radical (unpaired) electrons. The number of benzene rings is 1. The summed E-state index contributed by atoms with van der Waals surface area (Å²) in [6, 6.07) is 3.66. The van der Waals surface area contributed by atoms with Crippen LogP contribution in [0.15, 0.2) is 29.2 Å². The zero-order chi connectivity index (χ0) is 22.6. The van der Waals surface area contributed by atoms with Crippen LogP contribution >= 0.6 is 7.60 Å². The molecular formula is C19H25N2O8P. The molecule has 1 aromatic carbocycles. The summed E-state index contributed by atoms with van der Waals surface area (Å²) in [6.07, 6.45) is 0.0930. The number of carbonyl (C=O) groups is 1. The monoisotopic (exact) mass is 440 g/mol. The van der Waals surface area contributed by atoms with Crippen LogP contribution in [-0.4, -0.2) is 34.3 Å². The van der Waals surface area contributed by atoms with Gasteiger partial charge in [0.2, 0.25) is 5.43 Å². The second-order valence-electron chi connectivity index (χ2n) is 7.08. The third kappa shape index (κ3) is 5.53. The summed E-state index contributed by atoms with van der Waals surface area (Å²) in [5, 5.41) is 11.1. The number of nitro benzene ring substituents is 1. The molecule has 0 saturated carbocycles. The topological polar surface area (TPSA) is 127 Å². The van der Waals surface area contributed by atoms with Crippen molar-refractivity contribution in [2.45, 2.75) is 53.1 Å². The van der Waals surface area contributed by atoms with E-state index in [9.17, 15) is 24.3 Å². The molecule has 2 aromatic rings. The van der Waals surface area contributed by atoms with E-state index in [4.69, 9.17) is 13.8 Å². The van der Waals surface area contributed by atoms with Gasteiger partial charge in [0, 0.05) is 18.3 Å². The lowest BCUT2D eigenvalue weighted by atomic mass is 10.1. The lowest BCUT2D eigenvalue weighted by Crippen LogP contribution is -2.22. The number of hydrogen-bond donors (Lipinski definition) is 0. The van der Waals surface area contributed by atoms with Gasteiger partial charge in [0.25, 0.3) is 5.69 Å². The number of aromatic nitrogens is 1. The van der Waals surface area contributed by atoms with E-state index < -0.39 is 36.1 Å². The highest BCUT2D eigenvalue weighted by atomic mass is 31.2. The molecule has 0 aliphatic rings. The smallest absolute Gasteiger partial charge is 0.350 e. The van der Waals surface area contributed by atoms with Gasteiger partial charge in [-0.15, -0.1) is 0 Å². The van der Waals surface area contributed by atoms with Crippen LogP contribution in [0.5, 0.6) is 0 Å². The van der Waals surface area contributed by atoms with E-state index in [1.165, 1.54) is 22.9 Å². The average Bonchev–Trinajstić information content (AvgIpc) is 2.62. The molecule has 10 nitrogen and oxygen atoms in total. The first-order valence-electron chi connectivity index (χ1n) is 9.42. The van der Waals surface area contributed by atoms with Crippen molar-refractivity contribution in [1.82, 2.24) is 4.57 Å². The SMILES string of the molecule is CCOC(=O)c1cn(CP(=O)(OC(C)C)OC(C)C)c2ccc([N+](=O)[O-])cc2c1=O. The molecule has 1 heterocycles. The maximum absolute atomic E-state index is 13.3. The number of non-ortho nitro benzene ring substituents is 1. The van der Waals surface area contributed by atoms with Gasteiger partial charge in [-0.3, -0.25) is 19.5 Å². The van der Waals surface area contributed by atoms with Crippen LogP contribution in [0.1, 0.15) is 45.0 Å². The van der Waals surface area contributed by atoms with Crippen molar-refractivity contribution in [2.75, 3.05) is 6.61 Å². The van der Waals surface area contributed by atoms with Crippen LogP contribution < -0.4 is 5.43 Å². The number of pyridine rings is 1. The predicted octanol–water partition coefficient (Wildman–Crippen LogP) is 4.09. The summed E-state index contributed by atoms with van der Waals surface area (Å²) < 4.78 is 30.8. The molecular weight excluding hydrogens is 415 g/mol. The standard InChI is InChI=1S/C19H25N2O8P/c1-6-27-19(23)16-10-20(11-30(26,28-12(2)3)29-13(4)5)17-8-7-14(21(24)25)9-15(17)18(16)22/h7-10,12-13H,6,11H2,1-5H3. The van der Waals surface area contributed by atoms with Gasteiger partial charge in [-0.1, -0.05) is 0 Å². The molecule has 0 aliphatic carbocycles. The first-order valence-corrected chi connectivity index (χ1v) is 11.1. The van der Waals surface area contributed by atoms with Crippen LogP contribution in [0, 0.1) is 10.1 Å². The van der Waals surface area contributed by atoms with Gasteiger partial charge in [0.15, 0.2) is 0 Å². The molecule has 0 bridgehead atoms. The van der Waals surface area contributed by atoms with Crippen molar-refractivity contribution in [3.63, 3.8) is 0 Å². The fourth-order valence-corrected chi connectivity index (χ4v) is 4.97. The van der Waals surface area contributed by atoms with Gasteiger partial charge in [-0.2, -0.15) is 0 Å². The van der Waals surface area contributed by atoms with Crippen LogP contribution in [-0.2, 0) is 24.6 Å². The minimum atomic E-state index is -3.69. The predicted molar refractivity (Wildman–Crippen MR) is 111 cm³/mol. The van der Waals surface area contributed by atoms with E-state index in [2.05, 4.69) is 0 Å². The molecule has 0 fully saturated rings. The summed E-state index contributed by atoms with van der Waals surface area (Å²) in [5.41, 5.74) is -1.11. The van der Waals surface area contributed by atoms with E-state index in [1.54, 1.807) is 34.6 Å². The first kappa shape index (κ1) is 23.7. The molecule has 0 amide bonds. The summed E-state index contributed by atoms with van der Waals surface area (Å²) in [6.45, 7) is 8.43. The van der Waals surface area contributed by atoms with Crippen LogP contribution in [0.2, 0.25) is 0 Å². The number of hydrogen-bond acceptors (Lipinski definition) is 8. The molecule has 0 N–H and O–H groups in total. The quantitative estimate of drug-likeness (QED) is 0.247. The van der Waals surface area contributed by atoms with Crippen molar-refractivity contribution < 1.29 is 28.1 Å². The number of fused-ring (bicyclic) bond motifs is 1. The largest absolute Gasteiger partial charge is 0.462 e. The molecule has 164 valence electrons. The first-order chi connectivity index (χ1) is 14.0. The summed E-state index contributed by atoms with van der Waals surface area (Å²) in [7, 11) is -3.69. The maximum atomic E-state index is 13.3. The molecule has 0 atom stereocenters. The highest BCUT2D eigenvalue weighted by Gasteiger charge is 2.30. The second-order valence-corrected chi connectivity index (χ2v) is 9.01. The summed E-state index contributed by atoms with van der Waals surface area (Å²) in [5.74, 6) is -0.881. The molecule has 0 aliphatic heterocycles. The Morgan fingerprint density at radius 3 is 2.30 bits per heavy atom. The van der Waals surface area contributed by atoms with E-state index in [0.29, 0.717) is 0 Å². The zero-order valence-corrected chi connectivity index (χ0v) is 18.4. The lowest BCUT2D eigenvalue weighted by Gasteiger charge is -2.24. The maximum Gasteiger partial charge on any atom is 0.350 e. The third-order valence-corrected chi connectivity index (χ3v) is 5.98. The third-order valence-electron chi connectivity index (χ3n) is 3.84. The Morgan fingerprint density at radius 2 is 1.80 bits per heavy atom. The number of ether oxygens (including phenoxy) is 1. The van der Waals surface area contributed by atoms with Gasteiger partial charge >= 0.3 is 13.6 Å². The Balaban J connectivity index is 2.74. The number of nitro groups is 1. The van der Waals surface area contributed by atoms with E-state index >= 15 is 0 Å². The molecule has 1 aromatic heterocycles. The van der Waals surface area contributed by atoms with Crippen molar-refractivity contribution in [2.24, 2.45) is 0 Å². The van der Waals surface area contributed by atoms with Crippen molar-refractivity contribution in [3.05, 3.63) is 50.3 Å². The number of carbonyl (C=O) groups excluding carboxylic acids is 1. The van der Waals surface area contributed by atoms with Crippen molar-refractivity contribution in [1.29, 1.82) is 0 Å². The second kappa shape index (κ2) is 9.51. The van der Waals surface area contributed by atoms with Gasteiger partial charge in [-0.05, 0) is 40.7 Å². The van der Waals surface area contributed by atoms with E-state index in [0.717, 1.165) is 6.07 Å². The average molecular weight is 440 g/mol.